The number of rotatable bonds is 2. The van der Waals surface area contributed by atoms with Gasteiger partial charge in [0.05, 0.1) is 0 Å². The van der Waals surface area contributed by atoms with E-state index < -0.39 is 8.38 Å². The van der Waals surface area contributed by atoms with Crippen LogP contribution in [-0.4, -0.2) is 21.3 Å². The normalized spacial score (nSPS) is 15.0. The number of hydrogen-bond donors (Lipinski definition) is 2. The van der Waals surface area contributed by atoms with Gasteiger partial charge in [-0.1, -0.05) is 0 Å². The van der Waals surface area contributed by atoms with Crippen LogP contribution in [0, 0.1) is 0 Å². The predicted octanol–water partition coefficient (Wildman–Crippen LogP) is 0.910. The maximum Gasteiger partial charge on any atom is 0.166 e. The Morgan fingerprint density at radius 1 is 1.71 bits per heavy atom. The minimum atomic E-state index is -1.77. The quantitative estimate of drug-likeness (QED) is 0.445. The zero-order valence-electron chi connectivity index (χ0n) is 4.00. The monoisotopic (exact) mass is 142 g/mol. The summed E-state index contributed by atoms with van der Waals surface area (Å²) in [4.78, 5) is 16.5. The van der Waals surface area contributed by atoms with Crippen molar-refractivity contribution in [2.75, 3.05) is 6.16 Å². The molecule has 0 saturated carbocycles. The zero-order valence-corrected chi connectivity index (χ0v) is 5.65. The summed E-state index contributed by atoms with van der Waals surface area (Å²) < 4.78 is 0. The zero-order chi connectivity index (χ0) is 5.86. The summed E-state index contributed by atoms with van der Waals surface area (Å²) in [6.07, 6.45) is 0.302. The van der Waals surface area contributed by atoms with Crippen LogP contribution in [0.4, 0.5) is 0 Å². The largest absolute Gasteiger partial charge is 0.350 e. The van der Waals surface area contributed by atoms with Crippen LogP contribution < -0.4 is 0 Å². The van der Waals surface area contributed by atoms with Crippen molar-refractivity contribution in [3.8, 4) is 0 Å². The van der Waals surface area contributed by atoms with Crippen molar-refractivity contribution in [2.45, 2.75) is 12.3 Å². The van der Waals surface area contributed by atoms with E-state index in [1.54, 1.807) is 6.92 Å². The van der Waals surface area contributed by atoms with Gasteiger partial charge in [-0.3, -0.25) is 0 Å². The molecule has 0 bridgehead atoms. The van der Waals surface area contributed by atoms with E-state index in [9.17, 15) is 0 Å². The van der Waals surface area contributed by atoms with Crippen molar-refractivity contribution in [3.63, 3.8) is 0 Å². The van der Waals surface area contributed by atoms with Crippen LogP contribution in [0.3, 0.4) is 0 Å². The van der Waals surface area contributed by atoms with Crippen molar-refractivity contribution < 1.29 is 9.79 Å². The fourth-order valence-corrected chi connectivity index (χ4v) is 1.05. The van der Waals surface area contributed by atoms with Gasteiger partial charge in [0.25, 0.3) is 0 Å². The van der Waals surface area contributed by atoms with Crippen molar-refractivity contribution in [1.82, 2.24) is 0 Å². The fraction of sp³-hybridized carbons (Fsp3) is 1.00. The molecule has 0 aliphatic heterocycles. The summed E-state index contributed by atoms with van der Waals surface area (Å²) in [6.45, 7) is 1.73. The van der Waals surface area contributed by atoms with Crippen molar-refractivity contribution in [3.05, 3.63) is 0 Å². The Balaban J connectivity index is 2.95. The molecule has 0 aliphatic rings. The summed E-state index contributed by atoms with van der Waals surface area (Å²) in [7, 11) is -1.77. The number of hydrogen-bond acceptors (Lipinski definition) is 2. The van der Waals surface area contributed by atoms with Crippen LogP contribution in [-0.2, 0) is 0 Å². The highest BCUT2D eigenvalue weighted by Gasteiger charge is 2.02. The maximum absolute atomic E-state index is 8.26. The van der Waals surface area contributed by atoms with Gasteiger partial charge in [-0.25, -0.2) is 0 Å². The molecule has 1 atom stereocenters. The lowest BCUT2D eigenvalue weighted by Gasteiger charge is -2.00. The third-order valence-corrected chi connectivity index (χ3v) is 1.66. The standard InChI is InChI=1S/C3H8ClO2P/c1-3(4)2-7(5)6/h3,5-6H,2H2,1H3. The van der Waals surface area contributed by atoms with Crippen LogP contribution in [0.15, 0.2) is 0 Å². The molecule has 0 radical (unpaired) electrons. The Morgan fingerprint density at radius 2 is 2.14 bits per heavy atom. The third kappa shape index (κ3) is 6.64. The Kier molecular flexibility index (Phi) is 3.95. The predicted molar refractivity (Wildman–Crippen MR) is 31.5 cm³/mol. The van der Waals surface area contributed by atoms with Gasteiger partial charge >= 0.3 is 0 Å². The molecule has 0 aromatic rings. The van der Waals surface area contributed by atoms with Crippen LogP contribution >= 0.6 is 20.0 Å². The van der Waals surface area contributed by atoms with Crippen molar-refractivity contribution in [1.29, 1.82) is 0 Å². The van der Waals surface area contributed by atoms with Crippen molar-refractivity contribution >= 4 is 20.0 Å². The maximum atomic E-state index is 8.26. The molecule has 0 saturated heterocycles. The van der Waals surface area contributed by atoms with Crippen LogP contribution in [0.25, 0.3) is 0 Å². The molecule has 44 valence electrons. The van der Waals surface area contributed by atoms with Gasteiger partial charge in [0.15, 0.2) is 8.38 Å². The van der Waals surface area contributed by atoms with Gasteiger partial charge in [-0.15, -0.1) is 11.6 Å². The summed E-state index contributed by atoms with van der Waals surface area (Å²) in [5, 5.41) is -0.124. The topological polar surface area (TPSA) is 40.5 Å². The third-order valence-electron chi connectivity index (χ3n) is 0.415. The molecule has 0 rings (SSSR count). The SMILES string of the molecule is CC(Cl)CP(O)O. The van der Waals surface area contributed by atoms with Crippen LogP contribution in [0.1, 0.15) is 6.92 Å². The van der Waals surface area contributed by atoms with Gasteiger partial charge in [0, 0.05) is 11.5 Å². The molecule has 0 aliphatic carbocycles. The van der Waals surface area contributed by atoms with Crippen LogP contribution in [0.5, 0.6) is 0 Å². The summed E-state index contributed by atoms with van der Waals surface area (Å²) in [5.41, 5.74) is 0. The Hall–Kier alpha value is 0.640. The lowest BCUT2D eigenvalue weighted by atomic mass is 10.6. The van der Waals surface area contributed by atoms with Gasteiger partial charge in [-0.05, 0) is 6.92 Å². The van der Waals surface area contributed by atoms with Crippen molar-refractivity contribution in [2.24, 2.45) is 0 Å². The minimum Gasteiger partial charge on any atom is -0.350 e. The highest BCUT2D eigenvalue weighted by Crippen LogP contribution is 2.24. The Labute approximate surface area is 49.0 Å². The van der Waals surface area contributed by atoms with E-state index in [4.69, 9.17) is 21.4 Å². The van der Waals surface area contributed by atoms with Gasteiger partial charge < -0.3 is 9.79 Å². The summed E-state index contributed by atoms with van der Waals surface area (Å²) in [6, 6.07) is 0. The lowest BCUT2D eigenvalue weighted by molar-refractivity contribution is 0.482. The first-order valence-corrected chi connectivity index (χ1v) is 3.79. The molecule has 1 unspecified atom stereocenters. The van der Waals surface area contributed by atoms with Crippen LogP contribution in [0.2, 0.25) is 0 Å². The van der Waals surface area contributed by atoms with E-state index in [1.807, 2.05) is 0 Å². The highest BCUT2D eigenvalue weighted by molar-refractivity contribution is 7.45. The van der Waals surface area contributed by atoms with E-state index >= 15 is 0 Å². The van der Waals surface area contributed by atoms with E-state index in [1.165, 1.54) is 0 Å². The highest BCUT2D eigenvalue weighted by atomic mass is 35.5. The average Bonchev–Trinajstić information content (AvgIpc) is 1.27. The molecule has 0 fully saturated rings. The first kappa shape index (κ1) is 7.64. The number of alkyl halides is 1. The van der Waals surface area contributed by atoms with Gasteiger partial charge in [0.1, 0.15) is 0 Å². The van der Waals surface area contributed by atoms with E-state index in [0.29, 0.717) is 6.16 Å². The fourth-order valence-electron chi connectivity index (χ4n) is 0.225. The molecular formula is C3H8ClO2P. The summed E-state index contributed by atoms with van der Waals surface area (Å²) >= 11 is 5.37. The van der Waals surface area contributed by atoms with E-state index in [2.05, 4.69) is 0 Å². The molecule has 2 nitrogen and oxygen atoms in total. The minimum absolute atomic E-state index is 0.124. The Morgan fingerprint density at radius 3 is 2.14 bits per heavy atom. The molecule has 0 spiro atoms. The van der Waals surface area contributed by atoms with E-state index in [0.717, 1.165) is 0 Å². The molecule has 7 heavy (non-hydrogen) atoms. The molecule has 0 heterocycles. The number of halogens is 1. The molecular weight excluding hydrogens is 134 g/mol. The molecule has 0 aromatic heterocycles. The molecule has 4 heteroatoms. The van der Waals surface area contributed by atoms with Gasteiger partial charge in [-0.2, -0.15) is 0 Å². The second kappa shape index (κ2) is 3.62. The molecule has 0 amide bonds. The van der Waals surface area contributed by atoms with E-state index in [-0.39, 0.29) is 5.38 Å². The Bertz CT molecular complexity index is 42.2. The molecule has 2 N–H and O–H groups in total. The second-order valence-electron chi connectivity index (χ2n) is 1.34. The lowest BCUT2D eigenvalue weighted by Crippen LogP contribution is -1.95. The smallest absolute Gasteiger partial charge is 0.166 e. The molecule has 0 aromatic carbocycles. The first-order valence-electron chi connectivity index (χ1n) is 1.92. The summed E-state index contributed by atoms with van der Waals surface area (Å²) in [5.74, 6) is 0. The average molecular weight is 143 g/mol. The van der Waals surface area contributed by atoms with Gasteiger partial charge in [0.2, 0.25) is 0 Å². The first-order chi connectivity index (χ1) is 3.13. The second-order valence-corrected chi connectivity index (χ2v) is 3.19.